The number of nitrogens with one attached hydrogen (secondary N) is 3. The summed E-state index contributed by atoms with van der Waals surface area (Å²) in [6.07, 6.45) is 1.74. The van der Waals surface area contributed by atoms with Gasteiger partial charge in [-0.15, -0.1) is 0 Å². The maximum absolute atomic E-state index is 5.35. The van der Waals surface area contributed by atoms with E-state index < -0.39 is 0 Å². The molecule has 26 heavy (non-hydrogen) atoms. The van der Waals surface area contributed by atoms with Crippen LogP contribution in [0.1, 0.15) is 5.69 Å². The zero-order chi connectivity index (χ0) is 17.9. The number of hydrogen-bond acceptors (Lipinski definition) is 6. The highest BCUT2D eigenvalue weighted by atomic mass is 16.5. The van der Waals surface area contributed by atoms with Gasteiger partial charge in [0.2, 0.25) is 0 Å². The Labute approximate surface area is 150 Å². The van der Waals surface area contributed by atoms with Gasteiger partial charge >= 0.3 is 0 Å². The fourth-order valence-corrected chi connectivity index (χ4v) is 2.69. The molecule has 0 radical (unpaired) electrons. The van der Waals surface area contributed by atoms with Gasteiger partial charge in [0.25, 0.3) is 0 Å². The van der Waals surface area contributed by atoms with Crippen molar-refractivity contribution in [2.75, 3.05) is 17.7 Å². The first-order valence-corrected chi connectivity index (χ1v) is 8.17. The topological polar surface area (TPSA) is 87.8 Å². The standard InChI is InChI=1S/C19H18N6O/c1-12-9-18(25-24-12)21-17-11-13-10-14(26-2)6-7-15(13)19(23-17)22-16-5-3-4-8-20-16/h3-11H,1-2H3,(H3,20,21,22,23,24,25). The van der Waals surface area contributed by atoms with Gasteiger partial charge < -0.3 is 15.4 Å². The molecule has 7 nitrogen and oxygen atoms in total. The number of ether oxygens (including phenoxy) is 1. The summed E-state index contributed by atoms with van der Waals surface area (Å²) in [5.74, 6) is 3.61. The van der Waals surface area contributed by atoms with Crippen LogP contribution in [0.5, 0.6) is 5.75 Å². The Kier molecular flexibility index (Phi) is 4.10. The maximum atomic E-state index is 5.35. The molecule has 3 N–H and O–H groups in total. The van der Waals surface area contributed by atoms with Gasteiger partial charge in [-0.1, -0.05) is 6.07 Å². The summed E-state index contributed by atoms with van der Waals surface area (Å²) in [4.78, 5) is 9.02. The highest BCUT2D eigenvalue weighted by molar-refractivity contribution is 5.96. The van der Waals surface area contributed by atoms with Crippen LogP contribution in [0, 0.1) is 6.92 Å². The second-order valence-corrected chi connectivity index (χ2v) is 5.84. The van der Waals surface area contributed by atoms with Crippen molar-refractivity contribution in [3.63, 3.8) is 0 Å². The Bertz CT molecular complexity index is 1040. The number of aryl methyl sites for hydroxylation is 1. The van der Waals surface area contributed by atoms with Crippen molar-refractivity contribution < 1.29 is 4.74 Å². The van der Waals surface area contributed by atoms with Crippen LogP contribution < -0.4 is 15.4 Å². The molecule has 0 aliphatic heterocycles. The first-order chi connectivity index (χ1) is 12.7. The number of anilines is 4. The van der Waals surface area contributed by atoms with Gasteiger partial charge in [0.1, 0.15) is 23.2 Å². The summed E-state index contributed by atoms with van der Waals surface area (Å²) < 4.78 is 5.35. The molecule has 4 aromatic rings. The highest BCUT2D eigenvalue weighted by Crippen LogP contribution is 2.30. The number of methoxy groups -OCH3 is 1. The van der Waals surface area contributed by atoms with Crippen molar-refractivity contribution >= 4 is 34.0 Å². The van der Waals surface area contributed by atoms with E-state index in [1.165, 1.54) is 0 Å². The first kappa shape index (κ1) is 15.9. The van der Waals surface area contributed by atoms with E-state index in [0.29, 0.717) is 17.5 Å². The number of aromatic amines is 1. The second-order valence-electron chi connectivity index (χ2n) is 5.84. The van der Waals surface area contributed by atoms with Crippen LogP contribution in [0.15, 0.2) is 54.7 Å². The predicted molar refractivity (Wildman–Crippen MR) is 102 cm³/mol. The summed E-state index contributed by atoms with van der Waals surface area (Å²) in [5, 5.41) is 15.6. The van der Waals surface area contributed by atoms with Crippen LogP contribution in [-0.2, 0) is 0 Å². The van der Waals surface area contributed by atoms with Crippen LogP contribution in [0.25, 0.3) is 10.8 Å². The van der Waals surface area contributed by atoms with Crippen molar-refractivity contribution in [3.8, 4) is 5.75 Å². The first-order valence-electron chi connectivity index (χ1n) is 8.17. The van der Waals surface area contributed by atoms with E-state index in [2.05, 4.69) is 25.8 Å². The lowest BCUT2D eigenvalue weighted by Gasteiger charge is -2.12. The lowest BCUT2D eigenvalue weighted by molar-refractivity contribution is 0.415. The molecule has 0 aliphatic carbocycles. The third-order valence-electron chi connectivity index (χ3n) is 3.91. The molecule has 0 aliphatic rings. The quantitative estimate of drug-likeness (QED) is 0.503. The number of benzene rings is 1. The zero-order valence-electron chi connectivity index (χ0n) is 14.4. The summed E-state index contributed by atoms with van der Waals surface area (Å²) in [6, 6.07) is 15.5. The van der Waals surface area contributed by atoms with Gasteiger partial charge in [0, 0.05) is 23.3 Å². The third-order valence-corrected chi connectivity index (χ3v) is 3.91. The van der Waals surface area contributed by atoms with Gasteiger partial charge in [-0.3, -0.25) is 5.10 Å². The summed E-state index contributed by atoms with van der Waals surface area (Å²) in [5.41, 5.74) is 0.974. The minimum absolute atomic E-state index is 0.677. The Morgan fingerprint density at radius 2 is 1.88 bits per heavy atom. The van der Waals surface area contributed by atoms with E-state index in [-0.39, 0.29) is 0 Å². The minimum atomic E-state index is 0.677. The molecule has 0 saturated carbocycles. The normalized spacial score (nSPS) is 10.7. The van der Waals surface area contributed by atoms with Crippen molar-refractivity contribution in [3.05, 3.63) is 60.4 Å². The molecular formula is C19H18N6O. The molecule has 130 valence electrons. The molecule has 0 amide bonds. The molecule has 0 bridgehead atoms. The minimum Gasteiger partial charge on any atom is -0.497 e. The average molecular weight is 346 g/mol. The van der Waals surface area contributed by atoms with Crippen LogP contribution in [0.3, 0.4) is 0 Å². The van der Waals surface area contributed by atoms with Gasteiger partial charge in [-0.05, 0) is 48.7 Å². The number of aromatic nitrogens is 4. The van der Waals surface area contributed by atoms with E-state index in [1.54, 1.807) is 13.3 Å². The lowest BCUT2D eigenvalue weighted by Crippen LogP contribution is -2.01. The molecule has 7 heteroatoms. The molecule has 4 rings (SSSR count). The smallest absolute Gasteiger partial charge is 0.153 e. The molecule has 1 aromatic carbocycles. The van der Waals surface area contributed by atoms with E-state index in [4.69, 9.17) is 9.72 Å². The monoisotopic (exact) mass is 346 g/mol. The fourth-order valence-electron chi connectivity index (χ4n) is 2.69. The van der Waals surface area contributed by atoms with Gasteiger partial charge in [0.05, 0.1) is 7.11 Å². The Hall–Kier alpha value is -3.61. The average Bonchev–Trinajstić information content (AvgIpc) is 3.06. The summed E-state index contributed by atoms with van der Waals surface area (Å²) >= 11 is 0. The Morgan fingerprint density at radius 3 is 2.62 bits per heavy atom. The highest BCUT2D eigenvalue weighted by Gasteiger charge is 2.09. The van der Waals surface area contributed by atoms with Crippen LogP contribution in [0.4, 0.5) is 23.3 Å². The molecule has 0 spiro atoms. The van der Waals surface area contributed by atoms with Crippen LogP contribution in [0.2, 0.25) is 0 Å². The summed E-state index contributed by atoms with van der Waals surface area (Å²) in [6.45, 7) is 1.95. The molecule has 0 fully saturated rings. The SMILES string of the molecule is COc1ccc2c(Nc3ccccn3)nc(Nc3cc(C)[nH]n3)cc2c1. The molecule has 3 aromatic heterocycles. The maximum Gasteiger partial charge on any atom is 0.153 e. The second kappa shape index (κ2) is 6.72. The zero-order valence-corrected chi connectivity index (χ0v) is 14.4. The Balaban J connectivity index is 1.79. The molecule has 0 saturated heterocycles. The van der Waals surface area contributed by atoms with Crippen molar-refractivity contribution in [1.29, 1.82) is 0 Å². The van der Waals surface area contributed by atoms with E-state index in [0.717, 1.165) is 28.0 Å². The molecule has 0 unspecified atom stereocenters. The van der Waals surface area contributed by atoms with Crippen molar-refractivity contribution in [1.82, 2.24) is 20.2 Å². The number of hydrogen-bond donors (Lipinski definition) is 3. The molecule has 0 atom stereocenters. The van der Waals surface area contributed by atoms with Gasteiger partial charge in [0.15, 0.2) is 5.82 Å². The van der Waals surface area contributed by atoms with Gasteiger partial charge in [-0.25, -0.2) is 9.97 Å². The number of pyridine rings is 2. The number of fused-ring (bicyclic) bond motifs is 1. The number of H-pyrrole nitrogens is 1. The van der Waals surface area contributed by atoms with E-state index in [1.807, 2.05) is 55.5 Å². The Morgan fingerprint density at radius 1 is 0.962 bits per heavy atom. The summed E-state index contributed by atoms with van der Waals surface area (Å²) in [7, 11) is 1.65. The predicted octanol–water partition coefficient (Wildman–Crippen LogP) is 4.16. The van der Waals surface area contributed by atoms with Crippen LogP contribution in [-0.4, -0.2) is 27.3 Å². The van der Waals surface area contributed by atoms with Crippen LogP contribution >= 0.6 is 0 Å². The molecular weight excluding hydrogens is 328 g/mol. The van der Waals surface area contributed by atoms with E-state index >= 15 is 0 Å². The van der Waals surface area contributed by atoms with Crippen molar-refractivity contribution in [2.24, 2.45) is 0 Å². The molecule has 3 heterocycles. The largest absolute Gasteiger partial charge is 0.497 e. The van der Waals surface area contributed by atoms with E-state index in [9.17, 15) is 0 Å². The fraction of sp³-hybridized carbons (Fsp3) is 0.105. The van der Waals surface area contributed by atoms with Gasteiger partial charge in [-0.2, -0.15) is 5.10 Å². The number of nitrogens with zero attached hydrogens (tertiary/aromatic N) is 3. The lowest BCUT2D eigenvalue weighted by atomic mass is 10.1. The van der Waals surface area contributed by atoms with Crippen molar-refractivity contribution in [2.45, 2.75) is 6.92 Å². The third kappa shape index (κ3) is 3.27. The number of rotatable bonds is 5.